The Morgan fingerprint density at radius 2 is 1.95 bits per heavy atom. The van der Waals surface area contributed by atoms with Gasteiger partial charge >= 0.3 is 0 Å². The van der Waals surface area contributed by atoms with Crippen molar-refractivity contribution in [1.82, 2.24) is 9.97 Å². The summed E-state index contributed by atoms with van der Waals surface area (Å²) in [6.45, 7) is 7.69. The predicted octanol–water partition coefficient (Wildman–Crippen LogP) is 2.60. The first kappa shape index (κ1) is 16.4. The van der Waals surface area contributed by atoms with Crippen LogP contribution in [-0.2, 0) is 9.84 Å². The van der Waals surface area contributed by atoms with Gasteiger partial charge in [-0.3, -0.25) is 0 Å². The minimum absolute atomic E-state index is 0.209. The molecule has 0 saturated heterocycles. The molecule has 0 amide bonds. The summed E-state index contributed by atoms with van der Waals surface area (Å²) in [6, 6.07) is 1.74. The van der Waals surface area contributed by atoms with Gasteiger partial charge in [-0.25, -0.2) is 18.4 Å². The highest BCUT2D eigenvalue weighted by atomic mass is 79.9. The maximum atomic E-state index is 11.6. The van der Waals surface area contributed by atoms with Crippen molar-refractivity contribution in [2.24, 2.45) is 0 Å². The Morgan fingerprint density at radius 1 is 1.37 bits per heavy atom. The lowest BCUT2D eigenvalue weighted by Crippen LogP contribution is -2.38. The van der Waals surface area contributed by atoms with Crippen LogP contribution in [0, 0.1) is 0 Å². The molecule has 108 valence electrons. The molecule has 0 bridgehead atoms. The maximum Gasteiger partial charge on any atom is 0.154 e. The lowest BCUT2D eigenvalue weighted by Gasteiger charge is -2.23. The van der Waals surface area contributed by atoms with E-state index < -0.39 is 14.6 Å². The van der Waals surface area contributed by atoms with Crippen LogP contribution < -0.4 is 5.32 Å². The molecule has 7 heteroatoms. The number of anilines is 1. The molecule has 1 N–H and O–H groups in total. The fourth-order valence-corrected chi connectivity index (χ4v) is 1.95. The Balaban J connectivity index is 2.90. The van der Waals surface area contributed by atoms with E-state index in [0.29, 0.717) is 22.8 Å². The first-order chi connectivity index (χ1) is 8.53. The zero-order valence-corrected chi connectivity index (χ0v) is 14.3. The largest absolute Gasteiger partial charge is 0.368 e. The van der Waals surface area contributed by atoms with Gasteiger partial charge in [0.25, 0.3) is 0 Å². The number of hydrogen-bond donors (Lipinski definition) is 1. The molecule has 0 saturated carbocycles. The summed E-state index contributed by atoms with van der Waals surface area (Å²) >= 11 is 3.33. The third kappa shape index (κ3) is 4.42. The van der Waals surface area contributed by atoms with Crippen LogP contribution in [0.3, 0.4) is 0 Å². The Labute approximate surface area is 123 Å². The molecular formula is C12H20BrN3O2S. The number of rotatable bonds is 5. The van der Waals surface area contributed by atoms with Crippen LogP contribution in [0.25, 0.3) is 0 Å². The zero-order valence-electron chi connectivity index (χ0n) is 11.9. The monoisotopic (exact) mass is 349 g/mol. The van der Waals surface area contributed by atoms with Gasteiger partial charge in [0.2, 0.25) is 0 Å². The highest BCUT2D eigenvalue weighted by Gasteiger charge is 2.30. The van der Waals surface area contributed by atoms with Crippen molar-refractivity contribution >= 4 is 31.6 Å². The van der Waals surface area contributed by atoms with Crippen molar-refractivity contribution in [2.45, 2.75) is 38.4 Å². The fraction of sp³-hybridized carbons (Fsp3) is 0.667. The highest BCUT2D eigenvalue weighted by Crippen LogP contribution is 2.20. The van der Waals surface area contributed by atoms with Gasteiger partial charge in [-0.15, -0.1) is 0 Å². The lowest BCUT2D eigenvalue weighted by molar-refractivity contribution is 0.559. The van der Waals surface area contributed by atoms with Crippen LogP contribution in [0.5, 0.6) is 0 Å². The quantitative estimate of drug-likeness (QED) is 0.827. The van der Waals surface area contributed by atoms with Gasteiger partial charge < -0.3 is 5.32 Å². The van der Waals surface area contributed by atoms with Crippen molar-refractivity contribution in [2.75, 3.05) is 18.1 Å². The molecule has 1 aromatic heterocycles. The second-order valence-electron chi connectivity index (χ2n) is 5.47. The first-order valence-electron chi connectivity index (χ1n) is 6.01. The molecule has 0 aliphatic rings. The van der Waals surface area contributed by atoms with Gasteiger partial charge in [0.1, 0.15) is 16.2 Å². The Morgan fingerprint density at radius 3 is 2.42 bits per heavy atom. The van der Waals surface area contributed by atoms with Gasteiger partial charge in [-0.1, -0.05) is 13.8 Å². The van der Waals surface area contributed by atoms with E-state index in [9.17, 15) is 8.42 Å². The number of hydrogen-bond acceptors (Lipinski definition) is 5. The zero-order chi connectivity index (χ0) is 14.8. The minimum atomic E-state index is -3.13. The average molecular weight is 350 g/mol. The molecule has 0 spiro atoms. The summed E-state index contributed by atoms with van der Waals surface area (Å²) in [7, 11) is -3.13. The molecule has 0 aliphatic carbocycles. The van der Waals surface area contributed by atoms with Crippen molar-refractivity contribution in [3.05, 3.63) is 16.5 Å². The van der Waals surface area contributed by atoms with E-state index in [1.807, 2.05) is 13.8 Å². The van der Waals surface area contributed by atoms with E-state index in [1.165, 1.54) is 6.26 Å². The third-order valence-electron chi connectivity index (χ3n) is 2.93. The summed E-state index contributed by atoms with van der Waals surface area (Å²) in [4.78, 5) is 8.65. The number of nitrogens with one attached hydrogen (secondary N) is 1. The van der Waals surface area contributed by atoms with Crippen LogP contribution in [0.2, 0.25) is 0 Å². The Kier molecular flexibility index (Phi) is 4.95. The predicted molar refractivity (Wildman–Crippen MR) is 81.2 cm³/mol. The molecule has 0 atom stereocenters. The molecule has 0 aromatic carbocycles. The fourth-order valence-electron chi connectivity index (χ4n) is 1.22. The standard InChI is InChI=1S/C12H20BrN3O2S/c1-8(2)11-15-9(13)6-10(16-11)14-7-12(3,4)19(5,17)18/h6,8H,7H2,1-5H3,(H,14,15,16). The second kappa shape index (κ2) is 5.75. The Bertz CT molecular complexity index is 556. The van der Waals surface area contributed by atoms with Crippen LogP contribution >= 0.6 is 15.9 Å². The molecule has 19 heavy (non-hydrogen) atoms. The molecule has 5 nitrogen and oxygen atoms in total. The molecule has 0 aliphatic heterocycles. The van der Waals surface area contributed by atoms with Gasteiger partial charge in [0, 0.05) is 24.8 Å². The smallest absolute Gasteiger partial charge is 0.154 e. The van der Waals surface area contributed by atoms with Crippen molar-refractivity contribution in [1.29, 1.82) is 0 Å². The van der Waals surface area contributed by atoms with E-state index in [-0.39, 0.29) is 5.92 Å². The molecule has 1 heterocycles. The Hall–Kier alpha value is -0.690. The lowest BCUT2D eigenvalue weighted by atomic mass is 10.2. The van der Waals surface area contributed by atoms with Crippen LogP contribution in [0.4, 0.5) is 5.82 Å². The van der Waals surface area contributed by atoms with Gasteiger partial charge in [-0.2, -0.15) is 0 Å². The molecule has 0 unspecified atom stereocenters. The van der Waals surface area contributed by atoms with Crippen molar-refractivity contribution < 1.29 is 8.42 Å². The van der Waals surface area contributed by atoms with Crippen LogP contribution in [0.15, 0.2) is 10.7 Å². The summed E-state index contributed by atoms with van der Waals surface area (Å²) < 4.78 is 23.1. The molecule has 0 fully saturated rings. The van der Waals surface area contributed by atoms with E-state index in [0.717, 1.165) is 0 Å². The number of nitrogens with zero attached hydrogens (tertiary/aromatic N) is 2. The number of aromatic nitrogens is 2. The molecule has 1 rings (SSSR count). The summed E-state index contributed by atoms with van der Waals surface area (Å²) in [5, 5.41) is 3.07. The van der Waals surface area contributed by atoms with E-state index >= 15 is 0 Å². The van der Waals surface area contributed by atoms with Gasteiger partial charge in [0.05, 0.1) is 4.75 Å². The SMILES string of the molecule is CC(C)c1nc(Br)cc(NCC(C)(C)S(C)(=O)=O)n1. The van der Waals surface area contributed by atoms with Gasteiger partial charge in [0.15, 0.2) is 9.84 Å². The molecular weight excluding hydrogens is 330 g/mol. The maximum absolute atomic E-state index is 11.6. The summed E-state index contributed by atoms with van der Waals surface area (Å²) in [5.74, 6) is 1.55. The number of halogens is 1. The normalized spacial score (nSPS) is 12.8. The van der Waals surface area contributed by atoms with Crippen molar-refractivity contribution in [3.8, 4) is 0 Å². The van der Waals surface area contributed by atoms with Crippen LogP contribution in [-0.4, -0.2) is 35.9 Å². The number of sulfone groups is 1. The average Bonchev–Trinajstić information content (AvgIpc) is 2.24. The summed E-state index contributed by atoms with van der Waals surface area (Å²) in [5.41, 5.74) is 0. The minimum Gasteiger partial charge on any atom is -0.368 e. The van der Waals surface area contributed by atoms with E-state index in [1.54, 1.807) is 19.9 Å². The molecule has 1 aromatic rings. The molecule has 0 radical (unpaired) electrons. The third-order valence-corrected chi connectivity index (χ3v) is 5.49. The topological polar surface area (TPSA) is 72.0 Å². The highest BCUT2D eigenvalue weighted by molar-refractivity contribution is 9.10. The second-order valence-corrected chi connectivity index (χ2v) is 8.94. The van der Waals surface area contributed by atoms with Crippen LogP contribution in [0.1, 0.15) is 39.4 Å². The first-order valence-corrected chi connectivity index (χ1v) is 8.69. The van der Waals surface area contributed by atoms with Crippen molar-refractivity contribution in [3.63, 3.8) is 0 Å². The van der Waals surface area contributed by atoms with E-state index in [2.05, 4.69) is 31.2 Å². The van der Waals surface area contributed by atoms with Gasteiger partial charge in [-0.05, 0) is 29.8 Å². The van der Waals surface area contributed by atoms with E-state index in [4.69, 9.17) is 0 Å². The summed E-state index contributed by atoms with van der Waals surface area (Å²) in [6.07, 6.45) is 1.24.